The van der Waals surface area contributed by atoms with Gasteiger partial charge in [-0.2, -0.15) is 0 Å². The van der Waals surface area contributed by atoms with Gasteiger partial charge in [0.05, 0.1) is 14.2 Å². The number of benzene rings is 3. The van der Waals surface area contributed by atoms with E-state index in [1.54, 1.807) is 14.2 Å². The molecule has 2 nitrogen and oxygen atoms in total. The molecule has 3 aromatic rings. The van der Waals surface area contributed by atoms with Gasteiger partial charge in [0.15, 0.2) is 11.5 Å². The molecule has 0 bridgehead atoms. The van der Waals surface area contributed by atoms with Gasteiger partial charge in [-0.15, -0.1) is 0 Å². The summed E-state index contributed by atoms with van der Waals surface area (Å²) in [7, 11) is 3.34. The molecule has 3 aromatic carbocycles. The fourth-order valence-electron chi connectivity index (χ4n) is 3.35. The Morgan fingerprint density at radius 3 is 2.00 bits per heavy atom. The fraction of sp³-hybridized carbons (Fsp3) is 0.0833. The third kappa shape index (κ3) is 2.91. The van der Waals surface area contributed by atoms with Crippen LogP contribution in [0.5, 0.6) is 11.5 Å². The Morgan fingerprint density at radius 2 is 1.35 bits per heavy atom. The maximum Gasteiger partial charge on any atom is 0.161 e. The minimum atomic E-state index is 0.743. The third-order valence-corrected chi connectivity index (χ3v) is 4.63. The molecule has 128 valence electrons. The van der Waals surface area contributed by atoms with Gasteiger partial charge in [-0.25, -0.2) is 0 Å². The van der Waals surface area contributed by atoms with Crippen LogP contribution < -0.4 is 9.47 Å². The van der Waals surface area contributed by atoms with E-state index in [-0.39, 0.29) is 0 Å². The van der Waals surface area contributed by atoms with E-state index in [9.17, 15) is 0 Å². The predicted molar refractivity (Wildman–Crippen MR) is 108 cm³/mol. The maximum absolute atomic E-state index is 5.53. The molecule has 0 spiro atoms. The molecule has 0 heterocycles. The minimum absolute atomic E-state index is 0.743. The van der Waals surface area contributed by atoms with Crippen molar-refractivity contribution in [3.05, 3.63) is 95.1 Å². The first-order chi connectivity index (χ1) is 12.8. The van der Waals surface area contributed by atoms with Crippen molar-refractivity contribution in [2.24, 2.45) is 0 Å². The van der Waals surface area contributed by atoms with Crippen LogP contribution in [0.4, 0.5) is 0 Å². The highest BCUT2D eigenvalue weighted by Crippen LogP contribution is 2.46. The molecule has 0 atom stereocenters. The first-order valence-corrected chi connectivity index (χ1v) is 8.61. The second-order valence-corrected chi connectivity index (χ2v) is 6.19. The lowest BCUT2D eigenvalue weighted by Gasteiger charge is -2.12. The normalized spacial score (nSPS) is 14.1. The Kier molecular flexibility index (Phi) is 4.32. The van der Waals surface area contributed by atoms with Crippen LogP contribution in [0, 0.1) is 0 Å². The molecule has 0 aliphatic heterocycles. The van der Waals surface area contributed by atoms with Gasteiger partial charge in [0.1, 0.15) is 0 Å². The maximum atomic E-state index is 5.53. The van der Waals surface area contributed by atoms with Crippen LogP contribution in [-0.4, -0.2) is 14.2 Å². The van der Waals surface area contributed by atoms with Crippen LogP contribution >= 0.6 is 0 Å². The molecule has 0 unspecified atom stereocenters. The lowest BCUT2D eigenvalue weighted by atomic mass is 9.95. The van der Waals surface area contributed by atoms with Crippen LogP contribution in [0.1, 0.15) is 22.3 Å². The largest absolute Gasteiger partial charge is 0.493 e. The van der Waals surface area contributed by atoms with Gasteiger partial charge in [-0.3, -0.25) is 0 Å². The monoisotopic (exact) mass is 340 g/mol. The van der Waals surface area contributed by atoms with Crippen molar-refractivity contribution >= 4 is 23.3 Å². The van der Waals surface area contributed by atoms with E-state index in [4.69, 9.17) is 9.47 Å². The van der Waals surface area contributed by atoms with Gasteiger partial charge in [-0.05, 0) is 57.7 Å². The summed E-state index contributed by atoms with van der Waals surface area (Å²) in [5.74, 6) is 1.49. The van der Waals surface area contributed by atoms with E-state index < -0.39 is 0 Å². The summed E-state index contributed by atoms with van der Waals surface area (Å²) in [5.41, 5.74) is 7.07. The number of ether oxygens (including phenoxy) is 2. The number of rotatable bonds is 4. The Labute approximate surface area is 154 Å². The van der Waals surface area contributed by atoms with Crippen molar-refractivity contribution in [2.75, 3.05) is 14.2 Å². The number of methoxy groups -OCH3 is 2. The van der Waals surface area contributed by atoms with Crippen molar-refractivity contribution < 1.29 is 9.47 Å². The molecule has 1 aliphatic rings. The molecule has 26 heavy (non-hydrogen) atoms. The highest BCUT2D eigenvalue weighted by atomic mass is 16.5. The second-order valence-electron chi connectivity index (χ2n) is 6.19. The Bertz CT molecular complexity index is 983. The van der Waals surface area contributed by atoms with Gasteiger partial charge in [0, 0.05) is 0 Å². The van der Waals surface area contributed by atoms with Crippen LogP contribution in [0.2, 0.25) is 0 Å². The first-order valence-electron chi connectivity index (χ1n) is 8.61. The zero-order valence-corrected chi connectivity index (χ0v) is 14.9. The Balaban J connectivity index is 1.92. The third-order valence-electron chi connectivity index (χ3n) is 4.63. The highest BCUT2D eigenvalue weighted by molar-refractivity contribution is 6.21. The van der Waals surface area contributed by atoms with Crippen molar-refractivity contribution in [1.82, 2.24) is 0 Å². The molecular weight excluding hydrogens is 320 g/mol. The first kappa shape index (κ1) is 16.2. The highest BCUT2D eigenvalue weighted by Gasteiger charge is 2.23. The lowest BCUT2D eigenvalue weighted by molar-refractivity contribution is 0.355. The molecule has 0 saturated heterocycles. The van der Waals surface area contributed by atoms with Gasteiger partial charge in [-0.1, -0.05) is 60.7 Å². The molecule has 4 rings (SSSR count). The van der Waals surface area contributed by atoms with Crippen molar-refractivity contribution in [3.63, 3.8) is 0 Å². The summed E-state index contributed by atoms with van der Waals surface area (Å²) >= 11 is 0. The molecule has 0 N–H and O–H groups in total. The summed E-state index contributed by atoms with van der Waals surface area (Å²) in [6.45, 7) is 0. The smallest absolute Gasteiger partial charge is 0.161 e. The number of fused-ring (bicyclic) bond motifs is 1. The summed E-state index contributed by atoms with van der Waals surface area (Å²) < 4.78 is 11.0. The summed E-state index contributed by atoms with van der Waals surface area (Å²) in [6, 6.07) is 25.0. The van der Waals surface area contributed by atoms with Crippen molar-refractivity contribution in [1.29, 1.82) is 0 Å². The van der Waals surface area contributed by atoms with E-state index in [0.717, 1.165) is 22.6 Å². The molecule has 0 fully saturated rings. The van der Waals surface area contributed by atoms with Gasteiger partial charge >= 0.3 is 0 Å². The van der Waals surface area contributed by atoms with E-state index in [1.807, 2.05) is 18.2 Å². The lowest BCUT2D eigenvalue weighted by Crippen LogP contribution is -1.93. The average Bonchev–Trinajstić information content (AvgIpc) is 3.05. The Hall–Kier alpha value is -3.26. The topological polar surface area (TPSA) is 18.5 Å². The van der Waals surface area contributed by atoms with Crippen LogP contribution in [-0.2, 0) is 0 Å². The van der Waals surface area contributed by atoms with Crippen molar-refractivity contribution in [2.45, 2.75) is 0 Å². The van der Waals surface area contributed by atoms with E-state index in [2.05, 4.69) is 66.7 Å². The molecule has 0 saturated carbocycles. The number of hydrogen-bond acceptors (Lipinski definition) is 2. The quantitative estimate of drug-likeness (QED) is 0.598. The standard InChI is InChI=1S/C24H20O2/c1-25-23-15-19-14-20(18-11-7-4-8-12-18)22(21(19)16-24(23)26-2)13-17-9-5-3-6-10-17/h3-16H,1-2H3/b22-13+. The molecule has 0 radical (unpaired) electrons. The summed E-state index contributed by atoms with van der Waals surface area (Å²) in [4.78, 5) is 0. The Morgan fingerprint density at radius 1 is 0.731 bits per heavy atom. The molecule has 2 heteroatoms. The summed E-state index contributed by atoms with van der Waals surface area (Å²) in [5, 5.41) is 0. The van der Waals surface area contributed by atoms with E-state index in [1.165, 1.54) is 22.3 Å². The zero-order chi connectivity index (χ0) is 17.9. The van der Waals surface area contributed by atoms with E-state index >= 15 is 0 Å². The second kappa shape index (κ2) is 6.93. The zero-order valence-electron chi connectivity index (χ0n) is 14.9. The van der Waals surface area contributed by atoms with Crippen LogP contribution in [0.25, 0.3) is 23.3 Å². The van der Waals surface area contributed by atoms with Crippen LogP contribution in [0.15, 0.2) is 72.8 Å². The summed E-state index contributed by atoms with van der Waals surface area (Å²) in [6.07, 6.45) is 4.46. The molecule has 0 amide bonds. The van der Waals surface area contributed by atoms with Crippen molar-refractivity contribution in [3.8, 4) is 11.5 Å². The van der Waals surface area contributed by atoms with E-state index in [0.29, 0.717) is 0 Å². The average molecular weight is 340 g/mol. The molecule has 0 aromatic heterocycles. The van der Waals surface area contributed by atoms with Gasteiger partial charge < -0.3 is 9.47 Å². The van der Waals surface area contributed by atoms with Gasteiger partial charge in [0.2, 0.25) is 0 Å². The van der Waals surface area contributed by atoms with Gasteiger partial charge in [0.25, 0.3) is 0 Å². The molecule has 1 aliphatic carbocycles. The van der Waals surface area contributed by atoms with Crippen LogP contribution in [0.3, 0.4) is 0 Å². The molecular formula is C24H20O2. The SMILES string of the molecule is COc1cc2c(cc1OC)/C(=C/c1ccccc1)C(c1ccccc1)=C2. The fourth-order valence-corrected chi connectivity index (χ4v) is 3.35. The number of allylic oxidation sites excluding steroid dienone is 2. The number of hydrogen-bond donors (Lipinski definition) is 0. The minimum Gasteiger partial charge on any atom is -0.493 e. The predicted octanol–water partition coefficient (Wildman–Crippen LogP) is 5.80.